The molecule has 0 radical (unpaired) electrons. The molecule has 1 aliphatic rings. The number of benzene rings is 1. The van der Waals surface area contributed by atoms with E-state index in [1.165, 1.54) is 22.6 Å². The monoisotopic (exact) mass is 304 g/mol. The van der Waals surface area contributed by atoms with Crippen LogP contribution in [-0.4, -0.2) is 16.3 Å². The first-order valence-electron chi connectivity index (χ1n) is 5.13. The predicted octanol–water partition coefficient (Wildman–Crippen LogP) is 4.32. The average molecular weight is 306 g/mol. The molecule has 1 aliphatic heterocycles. The summed E-state index contributed by atoms with van der Waals surface area (Å²) < 4.78 is 0. The van der Waals surface area contributed by atoms with Crippen molar-refractivity contribution >= 4 is 39.3 Å². The molecule has 0 aliphatic carbocycles. The Hall–Kier alpha value is 0.340. The van der Waals surface area contributed by atoms with E-state index < -0.39 is 0 Å². The summed E-state index contributed by atoms with van der Waals surface area (Å²) in [5, 5.41) is 0.923. The molecule has 0 aromatic heterocycles. The third-order valence-electron chi connectivity index (χ3n) is 2.81. The van der Waals surface area contributed by atoms with E-state index in [-0.39, 0.29) is 0 Å². The van der Waals surface area contributed by atoms with Crippen molar-refractivity contribution in [2.24, 2.45) is 5.92 Å². The molecule has 2 unspecified atom stereocenters. The summed E-state index contributed by atoms with van der Waals surface area (Å²) in [4.78, 5) is 0.653. The minimum Gasteiger partial charge on any atom is -0.160 e. The van der Waals surface area contributed by atoms with E-state index in [0.29, 0.717) is 4.83 Å². The summed E-state index contributed by atoms with van der Waals surface area (Å²) in [5.41, 5.74) is 2.53. The molecule has 0 bridgehead atoms. The standard InChI is InChI=1S/C12H14BrClS/c1-8-2-3-9(12(14)4-8)5-10-6-15-7-11(10)13/h2-4,10-11H,5-7H2,1H3. The van der Waals surface area contributed by atoms with Crippen LogP contribution < -0.4 is 0 Å². The van der Waals surface area contributed by atoms with Gasteiger partial charge in [0.25, 0.3) is 0 Å². The van der Waals surface area contributed by atoms with Crippen LogP contribution in [0.4, 0.5) is 0 Å². The quantitative estimate of drug-likeness (QED) is 0.733. The number of hydrogen-bond donors (Lipinski definition) is 0. The number of hydrogen-bond acceptors (Lipinski definition) is 1. The molecule has 0 amide bonds. The highest BCUT2D eigenvalue weighted by Gasteiger charge is 2.25. The molecule has 82 valence electrons. The lowest BCUT2D eigenvalue weighted by molar-refractivity contribution is 0.616. The van der Waals surface area contributed by atoms with E-state index in [2.05, 4.69) is 41.1 Å². The van der Waals surface area contributed by atoms with Crippen LogP contribution in [0.15, 0.2) is 18.2 Å². The molecule has 3 heteroatoms. The number of thioether (sulfide) groups is 1. The fourth-order valence-corrected chi connectivity index (χ4v) is 4.64. The molecular formula is C12H14BrClS. The Labute approximate surface area is 109 Å². The Balaban J connectivity index is 2.10. The maximum absolute atomic E-state index is 6.23. The lowest BCUT2D eigenvalue weighted by Crippen LogP contribution is -2.14. The van der Waals surface area contributed by atoms with Gasteiger partial charge in [-0.25, -0.2) is 0 Å². The first-order chi connectivity index (χ1) is 7.16. The van der Waals surface area contributed by atoms with Gasteiger partial charge in [0.05, 0.1) is 0 Å². The summed E-state index contributed by atoms with van der Waals surface area (Å²) in [7, 11) is 0. The summed E-state index contributed by atoms with van der Waals surface area (Å²) in [6.45, 7) is 2.08. The van der Waals surface area contributed by atoms with Crippen molar-refractivity contribution in [3.63, 3.8) is 0 Å². The van der Waals surface area contributed by atoms with Gasteiger partial charge in [-0.05, 0) is 42.2 Å². The van der Waals surface area contributed by atoms with Gasteiger partial charge in [-0.1, -0.05) is 39.7 Å². The highest BCUT2D eigenvalue weighted by atomic mass is 79.9. The Kier molecular flexibility index (Phi) is 4.03. The molecule has 1 fully saturated rings. The first kappa shape index (κ1) is 11.8. The number of aryl methyl sites for hydroxylation is 1. The molecule has 1 aromatic rings. The molecule has 0 N–H and O–H groups in total. The predicted molar refractivity (Wildman–Crippen MR) is 73.4 cm³/mol. The highest BCUT2D eigenvalue weighted by molar-refractivity contribution is 9.09. The zero-order valence-corrected chi connectivity index (χ0v) is 11.8. The van der Waals surface area contributed by atoms with Gasteiger partial charge in [0.2, 0.25) is 0 Å². The fraction of sp³-hybridized carbons (Fsp3) is 0.500. The summed E-state index contributed by atoms with van der Waals surface area (Å²) in [6, 6.07) is 6.37. The van der Waals surface area contributed by atoms with Crippen LogP contribution >= 0.6 is 39.3 Å². The van der Waals surface area contributed by atoms with E-state index in [1.54, 1.807) is 0 Å². The van der Waals surface area contributed by atoms with Crippen LogP contribution in [0.1, 0.15) is 11.1 Å². The second kappa shape index (κ2) is 5.11. The minimum atomic E-state index is 0.653. The molecule has 0 saturated carbocycles. The van der Waals surface area contributed by atoms with Gasteiger partial charge in [-0.15, -0.1) is 0 Å². The first-order valence-corrected chi connectivity index (χ1v) is 7.58. The van der Waals surface area contributed by atoms with Gasteiger partial charge in [0.15, 0.2) is 0 Å². The van der Waals surface area contributed by atoms with Crippen LogP contribution in [0.5, 0.6) is 0 Å². The van der Waals surface area contributed by atoms with Gasteiger partial charge in [0.1, 0.15) is 0 Å². The third-order valence-corrected chi connectivity index (χ3v) is 5.92. The van der Waals surface area contributed by atoms with Gasteiger partial charge in [-0.3, -0.25) is 0 Å². The number of halogens is 2. The van der Waals surface area contributed by atoms with E-state index in [0.717, 1.165) is 17.4 Å². The number of rotatable bonds is 2. The van der Waals surface area contributed by atoms with Crippen molar-refractivity contribution in [3.8, 4) is 0 Å². The van der Waals surface area contributed by atoms with E-state index in [1.807, 2.05) is 11.8 Å². The minimum absolute atomic E-state index is 0.653. The molecule has 2 atom stereocenters. The highest BCUT2D eigenvalue weighted by Crippen LogP contribution is 2.33. The molecule has 1 heterocycles. The van der Waals surface area contributed by atoms with Gasteiger partial charge in [0, 0.05) is 15.6 Å². The van der Waals surface area contributed by atoms with E-state index in [9.17, 15) is 0 Å². The Morgan fingerprint density at radius 1 is 1.47 bits per heavy atom. The second-order valence-electron chi connectivity index (χ2n) is 4.11. The lowest BCUT2D eigenvalue weighted by Gasteiger charge is -2.14. The molecule has 1 saturated heterocycles. The number of alkyl halides is 1. The maximum atomic E-state index is 6.23. The van der Waals surface area contributed by atoms with Crippen LogP contribution in [-0.2, 0) is 6.42 Å². The average Bonchev–Trinajstić information content (AvgIpc) is 2.57. The van der Waals surface area contributed by atoms with Gasteiger partial charge in [-0.2, -0.15) is 11.8 Å². The zero-order chi connectivity index (χ0) is 10.8. The van der Waals surface area contributed by atoms with Crippen molar-refractivity contribution in [1.29, 1.82) is 0 Å². The van der Waals surface area contributed by atoms with Crippen molar-refractivity contribution in [3.05, 3.63) is 34.3 Å². The Morgan fingerprint density at radius 2 is 2.27 bits per heavy atom. The maximum Gasteiger partial charge on any atom is 0.0440 e. The zero-order valence-electron chi connectivity index (χ0n) is 8.67. The van der Waals surface area contributed by atoms with Crippen LogP contribution in [0.3, 0.4) is 0 Å². The summed E-state index contributed by atoms with van der Waals surface area (Å²) in [5.74, 6) is 3.21. The van der Waals surface area contributed by atoms with Crippen molar-refractivity contribution in [2.75, 3.05) is 11.5 Å². The normalized spacial score (nSPS) is 25.8. The Morgan fingerprint density at radius 3 is 2.87 bits per heavy atom. The van der Waals surface area contributed by atoms with Gasteiger partial charge >= 0.3 is 0 Å². The van der Waals surface area contributed by atoms with Crippen molar-refractivity contribution in [2.45, 2.75) is 18.2 Å². The Bertz CT molecular complexity index is 353. The summed E-state index contributed by atoms with van der Waals surface area (Å²) >= 11 is 12.0. The largest absolute Gasteiger partial charge is 0.160 e. The van der Waals surface area contributed by atoms with Crippen molar-refractivity contribution in [1.82, 2.24) is 0 Å². The molecule has 2 rings (SSSR count). The van der Waals surface area contributed by atoms with Crippen molar-refractivity contribution < 1.29 is 0 Å². The molecule has 0 spiro atoms. The molecule has 15 heavy (non-hydrogen) atoms. The van der Waals surface area contributed by atoms with Crippen LogP contribution in [0.2, 0.25) is 5.02 Å². The topological polar surface area (TPSA) is 0 Å². The molecular weight excluding hydrogens is 292 g/mol. The fourth-order valence-electron chi connectivity index (χ4n) is 1.86. The molecule has 0 nitrogen and oxygen atoms in total. The van der Waals surface area contributed by atoms with Crippen LogP contribution in [0, 0.1) is 12.8 Å². The van der Waals surface area contributed by atoms with Crippen LogP contribution in [0.25, 0.3) is 0 Å². The smallest absolute Gasteiger partial charge is 0.0440 e. The molecule has 1 aromatic carbocycles. The van der Waals surface area contributed by atoms with E-state index in [4.69, 9.17) is 11.6 Å². The summed E-state index contributed by atoms with van der Waals surface area (Å²) in [6.07, 6.45) is 1.10. The third kappa shape index (κ3) is 2.92. The van der Waals surface area contributed by atoms with Gasteiger partial charge < -0.3 is 0 Å². The van der Waals surface area contributed by atoms with E-state index >= 15 is 0 Å². The SMILES string of the molecule is Cc1ccc(CC2CSCC2Br)c(Cl)c1. The second-order valence-corrected chi connectivity index (χ2v) is 6.77. The lowest BCUT2D eigenvalue weighted by atomic mass is 9.98.